The van der Waals surface area contributed by atoms with Gasteiger partial charge in [0.1, 0.15) is 5.82 Å². The number of benzene rings is 2. The van der Waals surface area contributed by atoms with Gasteiger partial charge in [-0.3, -0.25) is 9.59 Å². The van der Waals surface area contributed by atoms with Crippen molar-refractivity contribution in [1.29, 1.82) is 0 Å². The first-order valence-electron chi connectivity index (χ1n) is 10.7. The smallest absolute Gasteiger partial charge is 0.253 e. The van der Waals surface area contributed by atoms with Crippen molar-refractivity contribution in [3.8, 4) is 0 Å². The first-order valence-corrected chi connectivity index (χ1v) is 10.7. The van der Waals surface area contributed by atoms with Gasteiger partial charge in [-0.15, -0.1) is 0 Å². The van der Waals surface area contributed by atoms with Crippen molar-refractivity contribution in [3.63, 3.8) is 0 Å². The van der Waals surface area contributed by atoms with Crippen LogP contribution in [0.25, 0.3) is 10.9 Å². The van der Waals surface area contributed by atoms with Crippen molar-refractivity contribution in [3.05, 3.63) is 71.2 Å². The van der Waals surface area contributed by atoms with Gasteiger partial charge >= 0.3 is 0 Å². The van der Waals surface area contributed by atoms with Gasteiger partial charge in [0.15, 0.2) is 5.78 Å². The molecule has 0 spiro atoms. The lowest BCUT2D eigenvalue weighted by Gasteiger charge is -2.34. The van der Waals surface area contributed by atoms with Gasteiger partial charge in [-0.2, -0.15) is 0 Å². The number of aromatic nitrogens is 1. The maximum atomic E-state index is 14.8. The number of fused-ring (bicyclic) bond motifs is 1. The molecule has 1 fully saturated rings. The van der Waals surface area contributed by atoms with Crippen LogP contribution in [0.15, 0.2) is 48.7 Å². The van der Waals surface area contributed by atoms with E-state index in [-0.39, 0.29) is 17.2 Å². The van der Waals surface area contributed by atoms with Crippen LogP contribution < -0.4 is 5.32 Å². The van der Waals surface area contributed by atoms with E-state index in [1.807, 2.05) is 48.7 Å². The van der Waals surface area contributed by atoms with Gasteiger partial charge in [-0.25, -0.2) is 4.39 Å². The highest BCUT2D eigenvalue weighted by atomic mass is 19.1. The molecule has 3 aromatic rings. The number of nitrogens with one attached hydrogen (secondary N) is 1. The molecule has 0 atom stereocenters. The Morgan fingerprint density at radius 1 is 1.13 bits per heavy atom. The van der Waals surface area contributed by atoms with E-state index in [4.69, 9.17) is 4.74 Å². The monoisotopic (exact) mass is 422 g/mol. The summed E-state index contributed by atoms with van der Waals surface area (Å²) in [6.07, 6.45) is 3.63. The number of hydrogen-bond acceptors (Lipinski definition) is 3. The average molecular weight is 423 g/mol. The van der Waals surface area contributed by atoms with Crippen LogP contribution in [0.3, 0.4) is 0 Å². The zero-order valence-electron chi connectivity index (χ0n) is 17.9. The molecule has 2 aromatic carbocycles. The number of rotatable bonds is 6. The third-order valence-corrected chi connectivity index (χ3v) is 6.06. The number of nitrogens with zero attached hydrogens (tertiary/aromatic N) is 1. The molecule has 1 amide bonds. The van der Waals surface area contributed by atoms with Crippen LogP contribution in [-0.4, -0.2) is 35.0 Å². The van der Waals surface area contributed by atoms with Gasteiger partial charge in [0, 0.05) is 48.9 Å². The SMILES string of the molecule is CCC(=O)c1ccc(Cn2cc(C(=O)NC3(C)CCOCC3)c3c(F)cccc32)cc1. The Kier molecular flexibility index (Phi) is 5.92. The predicted octanol–water partition coefficient (Wildman–Crippen LogP) is 4.72. The Labute approximate surface area is 181 Å². The van der Waals surface area contributed by atoms with Crippen LogP contribution in [0.5, 0.6) is 0 Å². The molecule has 1 saturated heterocycles. The van der Waals surface area contributed by atoms with Gasteiger partial charge in [-0.1, -0.05) is 37.3 Å². The Hall–Kier alpha value is -2.99. The summed E-state index contributed by atoms with van der Waals surface area (Å²) in [7, 11) is 0. The van der Waals surface area contributed by atoms with E-state index in [1.165, 1.54) is 6.07 Å². The summed E-state index contributed by atoms with van der Waals surface area (Å²) < 4.78 is 22.1. The summed E-state index contributed by atoms with van der Waals surface area (Å²) in [5.74, 6) is -0.592. The lowest BCUT2D eigenvalue weighted by atomic mass is 9.92. The molecule has 5 nitrogen and oxygen atoms in total. The fraction of sp³-hybridized carbons (Fsp3) is 0.360. The van der Waals surface area contributed by atoms with Gasteiger partial charge in [-0.05, 0) is 37.5 Å². The van der Waals surface area contributed by atoms with Crippen LogP contribution >= 0.6 is 0 Å². The summed E-state index contributed by atoms with van der Waals surface area (Å²) in [5, 5.41) is 3.43. The van der Waals surface area contributed by atoms with E-state index < -0.39 is 5.82 Å². The molecule has 0 aliphatic carbocycles. The highest BCUT2D eigenvalue weighted by Gasteiger charge is 2.30. The standard InChI is InChI=1S/C25H27FN2O3/c1-3-22(29)18-9-7-17(8-10-18)15-28-16-19(23-20(26)5-4-6-21(23)28)24(30)27-25(2)11-13-31-14-12-25/h4-10,16H,3,11-15H2,1-2H3,(H,27,30). The number of ether oxygens (including phenoxy) is 1. The van der Waals surface area contributed by atoms with E-state index >= 15 is 0 Å². The Bertz CT molecular complexity index is 1110. The molecular formula is C25H27FN2O3. The number of amides is 1. The van der Waals surface area contributed by atoms with Crippen LogP contribution in [-0.2, 0) is 11.3 Å². The highest BCUT2D eigenvalue weighted by Crippen LogP contribution is 2.27. The molecule has 1 aromatic heterocycles. The molecule has 0 saturated carbocycles. The third kappa shape index (κ3) is 4.39. The highest BCUT2D eigenvalue weighted by molar-refractivity contribution is 6.07. The second-order valence-corrected chi connectivity index (χ2v) is 8.41. The lowest BCUT2D eigenvalue weighted by molar-refractivity contribution is 0.0423. The molecule has 162 valence electrons. The number of Topliss-reactive ketones (excluding diaryl/α,β-unsaturated/α-hetero) is 1. The summed E-state index contributed by atoms with van der Waals surface area (Å²) in [4.78, 5) is 25.0. The van der Waals surface area contributed by atoms with Crippen molar-refractivity contribution in [2.45, 2.75) is 45.2 Å². The molecule has 1 aliphatic heterocycles. The maximum Gasteiger partial charge on any atom is 0.253 e. The van der Waals surface area contributed by atoms with Crippen molar-refractivity contribution in [2.75, 3.05) is 13.2 Å². The lowest BCUT2D eigenvalue weighted by Crippen LogP contribution is -2.49. The number of ketones is 1. The average Bonchev–Trinajstić information content (AvgIpc) is 3.14. The molecule has 1 aliphatic rings. The largest absolute Gasteiger partial charge is 0.381 e. The Morgan fingerprint density at radius 3 is 2.52 bits per heavy atom. The normalized spacial score (nSPS) is 15.7. The molecule has 4 rings (SSSR count). The fourth-order valence-electron chi connectivity index (χ4n) is 4.10. The van der Waals surface area contributed by atoms with Crippen LogP contribution in [0, 0.1) is 5.82 Å². The van der Waals surface area contributed by atoms with Crippen LogP contribution in [0.4, 0.5) is 4.39 Å². The zero-order chi connectivity index (χ0) is 22.0. The minimum Gasteiger partial charge on any atom is -0.381 e. The third-order valence-electron chi connectivity index (χ3n) is 6.06. The Morgan fingerprint density at radius 2 is 1.84 bits per heavy atom. The van der Waals surface area contributed by atoms with Crippen molar-refractivity contribution in [1.82, 2.24) is 9.88 Å². The fourth-order valence-corrected chi connectivity index (χ4v) is 4.10. The number of hydrogen-bond donors (Lipinski definition) is 1. The second-order valence-electron chi connectivity index (χ2n) is 8.41. The second kappa shape index (κ2) is 8.63. The maximum absolute atomic E-state index is 14.8. The quantitative estimate of drug-likeness (QED) is 0.585. The van der Waals surface area contributed by atoms with E-state index in [0.29, 0.717) is 48.2 Å². The van der Waals surface area contributed by atoms with E-state index in [0.717, 1.165) is 18.4 Å². The van der Waals surface area contributed by atoms with Crippen molar-refractivity contribution >= 4 is 22.6 Å². The minimum absolute atomic E-state index is 0.0978. The Balaban J connectivity index is 1.65. The minimum atomic E-state index is -0.414. The number of carbonyl (C=O) groups is 2. The molecule has 6 heteroatoms. The van der Waals surface area contributed by atoms with E-state index in [1.54, 1.807) is 12.3 Å². The number of carbonyl (C=O) groups excluding carboxylic acids is 2. The van der Waals surface area contributed by atoms with Crippen LogP contribution in [0.1, 0.15) is 59.4 Å². The summed E-state index contributed by atoms with van der Waals surface area (Å²) >= 11 is 0. The first-order chi connectivity index (χ1) is 14.9. The van der Waals surface area contributed by atoms with Crippen molar-refractivity contribution < 1.29 is 18.7 Å². The molecule has 0 unspecified atom stereocenters. The first kappa shape index (κ1) is 21.2. The van der Waals surface area contributed by atoms with Gasteiger partial charge in [0.05, 0.1) is 11.1 Å². The van der Waals surface area contributed by atoms with E-state index in [2.05, 4.69) is 5.32 Å². The predicted molar refractivity (Wildman–Crippen MR) is 118 cm³/mol. The summed E-state index contributed by atoms with van der Waals surface area (Å²) in [5.41, 5.74) is 2.28. The van der Waals surface area contributed by atoms with E-state index in [9.17, 15) is 14.0 Å². The number of halogens is 1. The summed E-state index contributed by atoms with van der Waals surface area (Å²) in [6, 6.07) is 12.3. The van der Waals surface area contributed by atoms with Gasteiger partial charge in [0.25, 0.3) is 5.91 Å². The molecule has 31 heavy (non-hydrogen) atoms. The zero-order valence-corrected chi connectivity index (χ0v) is 17.9. The molecular weight excluding hydrogens is 395 g/mol. The summed E-state index contributed by atoms with van der Waals surface area (Å²) in [6.45, 7) is 5.51. The molecule has 0 radical (unpaired) electrons. The van der Waals surface area contributed by atoms with Crippen molar-refractivity contribution in [2.24, 2.45) is 0 Å². The van der Waals surface area contributed by atoms with Gasteiger partial charge < -0.3 is 14.6 Å². The topological polar surface area (TPSA) is 60.3 Å². The molecule has 0 bridgehead atoms. The van der Waals surface area contributed by atoms with Crippen LogP contribution in [0.2, 0.25) is 0 Å². The molecule has 2 heterocycles. The molecule has 1 N–H and O–H groups in total. The van der Waals surface area contributed by atoms with Gasteiger partial charge in [0.2, 0.25) is 0 Å².